The van der Waals surface area contributed by atoms with Crippen LogP contribution < -0.4 is 4.72 Å². The third-order valence-electron chi connectivity index (χ3n) is 2.87. The third kappa shape index (κ3) is 4.37. The van der Waals surface area contributed by atoms with E-state index < -0.39 is 10.0 Å². The van der Waals surface area contributed by atoms with Crippen molar-refractivity contribution in [2.75, 3.05) is 6.54 Å². The quantitative estimate of drug-likeness (QED) is 0.851. The lowest BCUT2D eigenvalue weighted by Gasteiger charge is -2.10. The van der Waals surface area contributed by atoms with E-state index in [9.17, 15) is 8.42 Å². The van der Waals surface area contributed by atoms with Crippen molar-refractivity contribution in [3.8, 4) is 0 Å². The van der Waals surface area contributed by atoms with Gasteiger partial charge in [-0.2, -0.15) is 4.98 Å². The fraction of sp³-hybridized carbons (Fsp3) is 0.429. The lowest BCUT2D eigenvalue weighted by molar-refractivity contribution is 0.318. The summed E-state index contributed by atoms with van der Waals surface area (Å²) in [6.07, 6.45) is 0.370. The summed E-state index contributed by atoms with van der Waals surface area (Å²) in [6.45, 7) is 6.13. The molecular weight excluding hydrogens is 370 g/mol. The van der Waals surface area contributed by atoms with E-state index in [0.29, 0.717) is 18.1 Å². The number of halogens is 1. The van der Waals surface area contributed by atoms with Crippen LogP contribution in [0.1, 0.15) is 32.5 Å². The molecule has 6 nitrogen and oxygen atoms in total. The molecular formula is C14H18BrN3O3S. The summed E-state index contributed by atoms with van der Waals surface area (Å²) in [5, 5.41) is 3.86. The van der Waals surface area contributed by atoms with Gasteiger partial charge in [-0.05, 0) is 24.3 Å². The number of hydrogen-bond acceptors (Lipinski definition) is 5. The highest BCUT2D eigenvalue weighted by Gasteiger charge is 2.21. The molecule has 2 rings (SSSR count). The molecule has 0 spiro atoms. The molecule has 0 saturated carbocycles. The first kappa shape index (κ1) is 17.1. The van der Waals surface area contributed by atoms with Crippen molar-refractivity contribution in [2.24, 2.45) is 0 Å². The minimum atomic E-state index is -3.53. The average molecular weight is 388 g/mol. The van der Waals surface area contributed by atoms with E-state index >= 15 is 0 Å². The maximum Gasteiger partial charge on any atom is 0.240 e. The summed E-state index contributed by atoms with van der Waals surface area (Å²) in [5.74, 6) is 1.03. The topological polar surface area (TPSA) is 85.1 Å². The highest BCUT2D eigenvalue weighted by molar-refractivity contribution is 9.10. The minimum absolute atomic E-state index is 0.210. The molecule has 22 heavy (non-hydrogen) atoms. The molecule has 0 aliphatic rings. The highest BCUT2D eigenvalue weighted by atomic mass is 79.9. The van der Waals surface area contributed by atoms with Gasteiger partial charge in [0, 0.05) is 22.9 Å². The van der Waals surface area contributed by atoms with Crippen LogP contribution in [-0.2, 0) is 21.9 Å². The van der Waals surface area contributed by atoms with Crippen LogP contribution in [0.3, 0.4) is 0 Å². The van der Waals surface area contributed by atoms with Crippen molar-refractivity contribution in [3.05, 3.63) is 40.5 Å². The highest BCUT2D eigenvalue weighted by Crippen LogP contribution is 2.19. The summed E-state index contributed by atoms with van der Waals surface area (Å²) in [6, 6.07) is 6.45. The van der Waals surface area contributed by atoms with Gasteiger partial charge in [-0.25, -0.2) is 13.1 Å². The molecule has 2 aromatic rings. The van der Waals surface area contributed by atoms with Gasteiger partial charge in [0.15, 0.2) is 5.82 Å². The Morgan fingerprint density at radius 2 is 1.86 bits per heavy atom. The van der Waals surface area contributed by atoms with Gasteiger partial charge >= 0.3 is 0 Å². The summed E-state index contributed by atoms with van der Waals surface area (Å²) < 4.78 is 32.7. The third-order valence-corrected chi connectivity index (χ3v) is 4.88. The Morgan fingerprint density at radius 1 is 1.23 bits per heavy atom. The molecule has 1 aromatic heterocycles. The van der Waals surface area contributed by atoms with Crippen molar-refractivity contribution in [2.45, 2.75) is 37.5 Å². The monoisotopic (exact) mass is 387 g/mol. The van der Waals surface area contributed by atoms with Gasteiger partial charge in [0.1, 0.15) is 0 Å². The Hall–Kier alpha value is -1.25. The number of rotatable bonds is 5. The van der Waals surface area contributed by atoms with Crippen LogP contribution in [0.5, 0.6) is 0 Å². The van der Waals surface area contributed by atoms with Crippen molar-refractivity contribution < 1.29 is 12.9 Å². The van der Waals surface area contributed by atoms with Crippen LogP contribution in [0.25, 0.3) is 0 Å². The van der Waals surface area contributed by atoms with Gasteiger partial charge in [0.2, 0.25) is 15.9 Å². The van der Waals surface area contributed by atoms with Gasteiger partial charge in [-0.1, -0.05) is 41.9 Å². The van der Waals surface area contributed by atoms with Crippen LogP contribution >= 0.6 is 15.9 Å². The van der Waals surface area contributed by atoms with Gasteiger partial charge in [-0.15, -0.1) is 0 Å². The second-order valence-electron chi connectivity index (χ2n) is 5.87. The zero-order chi connectivity index (χ0) is 16.4. The maximum atomic E-state index is 12.1. The Bertz CT molecular complexity index is 733. The van der Waals surface area contributed by atoms with E-state index in [1.807, 2.05) is 20.8 Å². The summed E-state index contributed by atoms with van der Waals surface area (Å²) in [5.41, 5.74) is -0.220. The molecule has 8 heteroatoms. The maximum absolute atomic E-state index is 12.1. The van der Waals surface area contributed by atoms with E-state index in [-0.39, 0.29) is 16.9 Å². The Labute approximate surface area is 138 Å². The lowest BCUT2D eigenvalue weighted by atomic mass is 9.97. The van der Waals surface area contributed by atoms with Gasteiger partial charge in [0.25, 0.3) is 0 Å². The van der Waals surface area contributed by atoms with Crippen LogP contribution in [0.15, 0.2) is 38.2 Å². The first-order valence-electron chi connectivity index (χ1n) is 6.77. The van der Waals surface area contributed by atoms with E-state index in [0.717, 1.165) is 4.47 Å². The molecule has 1 N–H and O–H groups in total. The first-order valence-corrected chi connectivity index (χ1v) is 9.04. The van der Waals surface area contributed by atoms with Crippen molar-refractivity contribution in [3.63, 3.8) is 0 Å². The van der Waals surface area contributed by atoms with Crippen molar-refractivity contribution >= 4 is 26.0 Å². The van der Waals surface area contributed by atoms with Gasteiger partial charge in [0.05, 0.1) is 4.90 Å². The molecule has 0 fully saturated rings. The van der Waals surface area contributed by atoms with Gasteiger partial charge in [-0.3, -0.25) is 0 Å². The Balaban J connectivity index is 1.95. The molecule has 0 radical (unpaired) electrons. The standard InChI is InChI=1S/C14H18BrN3O3S/c1-14(2,3)13-17-12(18-21-13)8-9-16-22(19,20)11-6-4-10(15)5-7-11/h4-7,16H,8-9H2,1-3H3. The van der Waals surface area contributed by atoms with E-state index in [2.05, 4.69) is 30.8 Å². The molecule has 0 atom stereocenters. The summed E-state index contributed by atoms with van der Waals surface area (Å²) in [4.78, 5) is 4.49. The van der Waals surface area contributed by atoms with Crippen molar-refractivity contribution in [1.82, 2.24) is 14.9 Å². The molecule has 0 aliphatic heterocycles. The number of hydrogen-bond donors (Lipinski definition) is 1. The summed E-state index contributed by atoms with van der Waals surface area (Å²) in [7, 11) is -3.53. The molecule has 120 valence electrons. The van der Waals surface area contributed by atoms with E-state index in [1.165, 1.54) is 0 Å². The minimum Gasteiger partial charge on any atom is -0.339 e. The molecule has 0 saturated heterocycles. The predicted octanol–water partition coefficient (Wildman–Crippen LogP) is 2.65. The van der Waals surface area contributed by atoms with Gasteiger partial charge < -0.3 is 4.52 Å². The summed E-state index contributed by atoms with van der Waals surface area (Å²) >= 11 is 3.27. The van der Waals surface area contributed by atoms with Crippen LogP contribution in [0.4, 0.5) is 0 Å². The SMILES string of the molecule is CC(C)(C)c1nc(CCNS(=O)(=O)c2ccc(Br)cc2)no1. The zero-order valence-corrected chi connectivity index (χ0v) is 15.0. The molecule has 0 unspecified atom stereocenters. The predicted molar refractivity (Wildman–Crippen MR) is 86.0 cm³/mol. The smallest absolute Gasteiger partial charge is 0.240 e. The number of sulfonamides is 1. The normalized spacial score (nSPS) is 12.5. The average Bonchev–Trinajstić information content (AvgIpc) is 2.88. The lowest BCUT2D eigenvalue weighted by Crippen LogP contribution is -2.26. The fourth-order valence-electron chi connectivity index (χ4n) is 1.65. The molecule has 0 aliphatic carbocycles. The Kier molecular flexibility index (Phi) is 5.03. The van der Waals surface area contributed by atoms with E-state index in [4.69, 9.17) is 4.52 Å². The number of nitrogens with zero attached hydrogens (tertiary/aromatic N) is 2. The molecule has 0 amide bonds. The second-order valence-corrected chi connectivity index (χ2v) is 8.55. The second kappa shape index (κ2) is 6.47. The largest absolute Gasteiger partial charge is 0.339 e. The Morgan fingerprint density at radius 3 is 2.41 bits per heavy atom. The van der Waals surface area contributed by atoms with Crippen LogP contribution in [0, 0.1) is 0 Å². The van der Waals surface area contributed by atoms with Crippen LogP contribution in [-0.4, -0.2) is 25.1 Å². The molecule has 1 aromatic carbocycles. The first-order chi connectivity index (χ1) is 10.2. The number of benzene rings is 1. The van der Waals surface area contributed by atoms with E-state index in [1.54, 1.807) is 24.3 Å². The zero-order valence-electron chi connectivity index (χ0n) is 12.6. The van der Waals surface area contributed by atoms with Crippen molar-refractivity contribution in [1.29, 1.82) is 0 Å². The number of nitrogens with one attached hydrogen (secondary N) is 1. The number of aromatic nitrogens is 2. The fourth-order valence-corrected chi connectivity index (χ4v) is 2.95. The van der Waals surface area contributed by atoms with Crippen LogP contribution in [0.2, 0.25) is 0 Å². The molecule has 0 bridgehead atoms. The molecule has 1 heterocycles.